The summed E-state index contributed by atoms with van der Waals surface area (Å²) in [5.74, 6) is -1.29. The summed E-state index contributed by atoms with van der Waals surface area (Å²) in [6, 6.07) is 7.21. The molecule has 3 aromatic heterocycles. The number of hydrogen-bond donors (Lipinski definition) is 1. The number of hydrogen-bond acceptors (Lipinski definition) is 8. The fraction of sp³-hybridized carbons (Fsp3) is 0.407. The number of aromatic nitrogens is 4. The van der Waals surface area contributed by atoms with E-state index in [4.69, 9.17) is 16.3 Å². The van der Waals surface area contributed by atoms with Crippen molar-refractivity contribution in [3.8, 4) is 5.75 Å². The van der Waals surface area contributed by atoms with Crippen LogP contribution in [0.15, 0.2) is 41.6 Å². The van der Waals surface area contributed by atoms with Gasteiger partial charge in [0.1, 0.15) is 22.3 Å². The summed E-state index contributed by atoms with van der Waals surface area (Å²) in [5.41, 5.74) is 2.60. The molecule has 1 aliphatic rings. The second-order valence-corrected chi connectivity index (χ2v) is 14.1. The van der Waals surface area contributed by atoms with Crippen LogP contribution in [0.5, 0.6) is 5.75 Å². The molecule has 13 heteroatoms. The molecular weight excluding hydrogens is 574 g/mol. The Morgan fingerprint density at radius 2 is 2.08 bits per heavy atom. The summed E-state index contributed by atoms with van der Waals surface area (Å²) < 4.78 is 36.5. The second-order valence-electron chi connectivity index (χ2n) is 10.5. The minimum atomic E-state index is -3.92. The molecule has 0 saturated carbocycles. The van der Waals surface area contributed by atoms with E-state index < -0.39 is 33.4 Å². The first kappa shape index (κ1) is 28.5. The van der Waals surface area contributed by atoms with E-state index in [0.717, 1.165) is 21.5 Å². The number of aryl methyl sites for hydroxylation is 2. The third kappa shape index (κ3) is 4.76. The molecule has 0 aliphatic carbocycles. The van der Waals surface area contributed by atoms with Crippen molar-refractivity contribution in [3.05, 3.63) is 62.6 Å². The van der Waals surface area contributed by atoms with Crippen LogP contribution in [0.25, 0.3) is 11.0 Å². The van der Waals surface area contributed by atoms with Crippen LogP contribution in [0.3, 0.4) is 0 Å². The third-order valence-electron chi connectivity index (χ3n) is 7.43. The van der Waals surface area contributed by atoms with E-state index in [1.807, 2.05) is 32.0 Å². The predicted octanol–water partition coefficient (Wildman–Crippen LogP) is 5.08. The molecule has 0 bridgehead atoms. The number of aliphatic carboxylic acids is 1. The highest BCUT2D eigenvalue weighted by molar-refractivity contribution is 7.89. The number of pyridine rings is 1. The molecule has 2 atom stereocenters. The van der Waals surface area contributed by atoms with Crippen molar-refractivity contribution < 1.29 is 23.1 Å². The largest absolute Gasteiger partial charge is 0.488 e. The molecule has 1 aromatic carbocycles. The van der Waals surface area contributed by atoms with Crippen LogP contribution in [0.1, 0.15) is 55.2 Å². The first-order valence-corrected chi connectivity index (χ1v) is 15.4. The Kier molecular flexibility index (Phi) is 7.40. The highest BCUT2D eigenvalue weighted by atomic mass is 35.5. The van der Waals surface area contributed by atoms with E-state index in [9.17, 15) is 18.3 Å². The molecule has 0 spiro atoms. The van der Waals surface area contributed by atoms with Gasteiger partial charge in [-0.1, -0.05) is 22.9 Å². The molecule has 5 rings (SSSR count). The zero-order valence-corrected chi connectivity index (χ0v) is 25.1. The molecule has 4 heterocycles. The number of carboxylic acid groups (broad SMARTS) is 1. The van der Waals surface area contributed by atoms with Crippen molar-refractivity contribution in [2.24, 2.45) is 5.41 Å². The van der Waals surface area contributed by atoms with E-state index in [1.165, 1.54) is 28.0 Å². The van der Waals surface area contributed by atoms with Gasteiger partial charge in [-0.3, -0.25) is 9.78 Å². The first-order chi connectivity index (χ1) is 18.9. The van der Waals surface area contributed by atoms with Gasteiger partial charge in [0, 0.05) is 30.1 Å². The number of thiophene rings is 1. The van der Waals surface area contributed by atoms with Gasteiger partial charge in [0.2, 0.25) is 10.0 Å². The maximum absolute atomic E-state index is 13.6. The zero-order chi connectivity index (χ0) is 29.0. The number of sulfonamides is 1. The smallest absolute Gasteiger partial charge is 0.310 e. The fourth-order valence-electron chi connectivity index (χ4n) is 5.20. The average molecular weight is 604 g/mol. The standard InChI is InChI=1S/C27H30ClN5O5S2/c1-6-33-19-8-7-18(16(3)24(19)30-31-33)23(27(4,5)26(34)35)21-11-17(25(28)39-21)14-32-13-15(2)38-20-9-10-29-12-22(20)40(32,36)37/h7-12,15,23H,6,13-14H2,1-5H3,(H,34,35)/t15-,23+/m1/s1. The van der Waals surface area contributed by atoms with Gasteiger partial charge in [-0.15, -0.1) is 16.4 Å². The quantitative estimate of drug-likeness (QED) is 0.310. The predicted molar refractivity (Wildman–Crippen MR) is 152 cm³/mol. The lowest BCUT2D eigenvalue weighted by Gasteiger charge is -2.31. The molecule has 1 aliphatic heterocycles. The number of benzene rings is 1. The van der Waals surface area contributed by atoms with Crippen LogP contribution in [0.4, 0.5) is 0 Å². The summed E-state index contributed by atoms with van der Waals surface area (Å²) in [5, 5.41) is 18.9. The Hall–Kier alpha value is -3.06. The van der Waals surface area contributed by atoms with Gasteiger partial charge in [0.25, 0.3) is 0 Å². The van der Waals surface area contributed by atoms with Gasteiger partial charge < -0.3 is 9.84 Å². The molecular formula is C27H30ClN5O5S2. The summed E-state index contributed by atoms with van der Waals surface area (Å²) in [4.78, 5) is 17.3. The third-order valence-corrected chi connectivity index (χ3v) is 10.8. The van der Waals surface area contributed by atoms with Crippen molar-refractivity contribution in [1.29, 1.82) is 0 Å². The van der Waals surface area contributed by atoms with Crippen LogP contribution in [0.2, 0.25) is 4.34 Å². The molecule has 0 fully saturated rings. The van der Waals surface area contributed by atoms with Crippen LogP contribution in [0, 0.1) is 12.3 Å². The SMILES string of the molecule is CCn1nnc2c(C)c([C@@H](c3cc(CN4C[C@@H](C)Oc5ccncc5S4(=O)=O)c(Cl)s3)C(C)(C)C(=O)O)ccc21. The Balaban J connectivity index is 1.59. The Labute approximate surface area is 241 Å². The lowest BCUT2D eigenvalue weighted by atomic mass is 9.72. The maximum atomic E-state index is 13.6. The first-order valence-electron chi connectivity index (χ1n) is 12.8. The molecule has 0 unspecified atom stereocenters. The molecule has 1 N–H and O–H groups in total. The van der Waals surface area contributed by atoms with Gasteiger partial charge in [-0.2, -0.15) is 4.31 Å². The highest BCUT2D eigenvalue weighted by Gasteiger charge is 2.42. The van der Waals surface area contributed by atoms with Gasteiger partial charge in [0.15, 0.2) is 0 Å². The molecule has 0 saturated heterocycles. The van der Waals surface area contributed by atoms with Gasteiger partial charge in [-0.25, -0.2) is 13.1 Å². The molecule has 0 radical (unpaired) electrons. The number of carbonyl (C=O) groups is 1. The monoisotopic (exact) mass is 603 g/mol. The molecule has 4 aromatic rings. The Morgan fingerprint density at radius 3 is 2.77 bits per heavy atom. The van der Waals surface area contributed by atoms with E-state index in [2.05, 4.69) is 15.3 Å². The van der Waals surface area contributed by atoms with E-state index >= 15 is 0 Å². The van der Waals surface area contributed by atoms with E-state index in [1.54, 1.807) is 31.5 Å². The van der Waals surface area contributed by atoms with Crippen molar-refractivity contribution >= 4 is 50.0 Å². The van der Waals surface area contributed by atoms with Crippen LogP contribution >= 0.6 is 22.9 Å². The number of halogens is 1. The van der Waals surface area contributed by atoms with Crippen molar-refractivity contribution in [2.45, 2.75) is 64.6 Å². The van der Waals surface area contributed by atoms with Crippen LogP contribution < -0.4 is 4.74 Å². The lowest BCUT2D eigenvalue weighted by Crippen LogP contribution is -2.35. The average Bonchev–Trinajstić information content (AvgIpc) is 3.46. The number of fused-ring (bicyclic) bond motifs is 2. The molecule has 10 nitrogen and oxygen atoms in total. The molecule has 212 valence electrons. The molecule has 0 amide bonds. The van der Waals surface area contributed by atoms with Crippen molar-refractivity contribution in [2.75, 3.05) is 6.54 Å². The van der Waals surface area contributed by atoms with Crippen LogP contribution in [-0.2, 0) is 27.9 Å². The second kappa shape index (κ2) is 10.4. The van der Waals surface area contributed by atoms with Gasteiger partial charge >= 0.3 is 5.97 Å². The summed E-state index contributed by atoms with van der Waals surface area (Å²) in [6.45, 7) is 9.85. The zero-order valence-electron chi connectivity index (χ0n) is 22.8. The van der Waals surface area contributed by atoms with E-state index in [-0.39, 0.29) is 23.7 Å². The summed E-state index contributed by atoms with van der Waals surface area (Å²) in [7, 11) is -3.92. The molecule has 40 heavy (non-hydrogen) atoms. The van der Waals surface area contributed by atoms with Crippen LogP contribution in [-0.4, -0.2) is 56.4 Å². The topological polar surface area (TPSA) is 128 Å². The number of carboxylic acids is 1. The highest BCUT2D eigenvalue weighted by Crippen LogP contribution is 2.48. The Morgan fingerprint density at radius 1 is 1.32 bits per heavy atom. The maximum Gasteiger partial charge on any atom is 0.310 e. The van der Waals surface area contributed by atoms with E-state index in [0.29, 0.717) is 22.0 Å². The minimum absolute atomic E-state index is 0.000124. The number of ether oxygens (including phenoxy) is 1. The minimum Gasteiger partial charge on any atom is -0.488 e. The number of rotatable bonds is 7. The van der Waals surface area contributed by atoms with Gasteiger partial charge in [-0.05, 0) is 69.5 Å². The number of nitrogens with zero attached hydrogens (tertiary/aromatic N) is 5. The summed E-state index contributed by atoms with van der Waals surface area (Å²) >= 11 is 7.99. The Bertz CT molecular complexity index is 1720. The lowest BCUT2D eigenvalue weighted by molar-refractivity contribution is -0.147. The van der Waals surface area contributed by atoms with Gasteiger partial charge in [0.05, 0.1) is 28.0 Å². The van der Waals surface area contributed by atoms with Crippen molar-refractivity contribution in [1.82, 2.24) is 24.3 Å². The normalized spacial score (nSPS) is 18.2. The summed E-state index contributed by atoms with van der Waals surface area (Å²) in [6.07, 6.45) is 2.38. The fourth-order valence-corrected chi connectivity index (χ4v) is 8.34. The van der Waals surface area contributed by atoms with Crippen molar-refractivity contribution in [3.63, 3.8) is 0 Å².